The minimum absolute atomic E-state index is 0.222. The zero-order valence-electron chi connectivity index (χ0n) is 36.9. The van der Waals surface area contributed by atoms with Crippen molar-refractivity contribution in [1.82, 2.24) is 4.98 Å². The summed E-state index contributed by atoms with van der Waals surface area (Å²) < 4.78 is 0. The maximum atomic E-state index is 5.71. The van der Waals surface area contributed by atoms with Gasteiger partial charge in [0.2, 0.25) is 0 Å². The molecule has 2 heterocycles. The van der Waals surface area contributed by atoms with Crippen molar-refractivity contribution in [2.75, 3.05) is 4.90 Å². The third-order valence-corrected chi connectivity index (χ3v) is 15.4. The number of allylic oxidation sites excluding steroid dienone is 2. The van der Waals surface area contributed by atoms with Crippen molar-refractivity contribution in [3.63, 3.8) is 0 Å². The van der Waals surface area contributed by atoms with Gasteiger partial charge in [-0.25, -0.2) is 0 Å². The molecule has 9 aromatic rings. The fourth-order valence-corrected chi connectivity index (χ4v) is 12.1. The van der Waals surface area contributed by atoms with Gasteiger partial charge in [0, 0.05) is 39.5 Å². The molecule has 2 nitrogen and oxygen atoms in total. The van der Waals surface area contributed by atoms with Crippen LogP contribution in [0, 0.1) is 24.0 Å². The normalized spacial score (nSPS) is 19.8. The summed E-state index contributed by atoms with van der Waals surface area (Å²) in [5.41, 5.74) is 17.8. The van der Waals surface area contributed by atoms with Gasteiger partial charge in [-0.3, -0.25) is 4.98 Å². The number of hydrogen-bond acceptors (Lipinski definition) is 2. The lowest BCUT2D eigenvalue weighted by Crippen LogP contribution is -2.27. The van der Waals surface area contributed by atoms with Crippen molar-refractivity contribution in [2.45, 2.75) is 63.8 Å². The third kappa shape index (κ3) is 6.43. The van der Waals surface area contributed by atoms with E-state index < -0.39 is 0 Å². The molecule has 4 unspecified atom stereocenters. The number of fused-ring (bicyclic) bond motifs is 10. The Balaban J connectivity index is 0.941. The molecule has 3 aliphatic carbocycles. The Bertz CT molecular complexity index is 3380. The minimum atomic E-state index is 0.222. The molecule has 0 amide bonds. The lowest BCUT2D eigenvalue weighted by Gasteiger charge is -2.30. The van der Waals surface area contributed by atoms with Crippen LogP contribution in [0.5, 0.6) is 0 Å². The van der Waals surface area contributed by atoms with Crippen LogP contribution < -0.4 is 4.90 Å². The Morgan fingerprint density at radius 3 is 2.22 bits per heavy atom. The zero-order chi connectivity index (χ0) is 43.0. The van der Waals surface area contributed by atoms with Crippen LogP contribution in [0.2, 0.25) is 0 Å². The highest BCUT2D eigenvalue weighted by atomic mass is 15.2. The Morgan fingerprint density at radius 1 is 0.615 bits per heavy atom. The lowest BCUT2D eigenvalue weighted by molar-refractivity contribution is 0.538. The quantitative estimate of drug-likeness (QED) is 0.149. The van der Waals surface area contributed by atoms with Crippen LogP contribution >= 0.6 is 0 Å². The Morgan fingerprint density at radius 2 is 1.37 bits per heavy atom. The number of pyridine rings is 1. The second kappa shape index (κ2) is 15.5. The summed E-state index contributed by atoms with van der Waals surface area (Å²) in [6.45, 7) is 2.32. The molecule has 0 N–H and O–H groups in total. The smallest absolute Gasteiger partial charge is 0.0712 e. The van der Waals surface area contributed by atoms with Crippen molar-refractivity contribution in [3.05, 3.63) is 210 Å². The number of aromatic nitrogens is 1. The molecule has 0 radical (unpaired) electrons. The van der Waals surface area contributed by atoms with E-state index in [1.54, 1.807) is 0 Å². The zero-order valence-corrected chi connectivity index (χ0v) is 36.9. The van der Waals surface area contributed by atoms with Gasteiger partial charge in [0.25, 0.3) is 0 Å². The molecule has 65 heavy (non-hydrogen) atoms. The van der Waals surface area contributed by atoms with Gasteiger partial charge in [-0.05, 0) is 164 Å². The molecule has 2 fully saturated rings. The van der Waals surface area contributed by atoms with E-state index >= 15 is 0 Å². The summed E-state index contributed by atoms with van der Waals surface area (Å²) in [7, 11) is 0. The van der Waals surface area contributed by atoms with Crippen LogP contribution in [0.3, 0.4) is 0 Å². The van der Waals surface area contributed by atoms with Crippen molar-refractivity contribution in [1.29, 1.82) is 0 Å². The highest BCUT2D eigenvalue weighted by Gasteiger charge is 2.41. The fraction of sp³-hybridized carbons (Fsp3) is 0.190. The molecular formula is C63H50N2. The standard InChI is InChI=1S/C63H50N2/c1-2-49-56(42-17-7-4-8-18-42)39-59(64-63(49)46-20-13-19-43-35-47(43)36-46)45-29-33-55-57(38-45)52-22-10-9-21-51(52)54-25-14-24-50(62(54)55)44-30-34-61-58(37-44)53-23-11-12-26-60(53)65(61)48-31-27-41(28-32-48)40-15-5-3-6-16-40/h3-9,11-12,14-18,21,23-33,37-39,43,46-47,61H,2,13,19-20,34-36H2,1H3. The predicted octanol–water partition coefficient (Wildman–Crippen LogP) is 16.4. The van der Waals surface area contributed by atoms with E-state index in [1.807, 2.05) is 6.07 Å². The number of hydrogen-bond donors (Lipinski definition) is 0. The van der Waals surface area contributed by atoms with Crippen LogP contribution in [-0.2, 0) is 6.42 Å². The van der Waals surface area contributed by atoms with Gasteiger partial charge in [0.1, 0.15) is 0 Å². The van der Waals surface area contributed by atoms with Crippen molar-refractivity contribution < 1.29 is 0 Å². The van der Waals surface area contributed by atoms with E-state index in [2.05, 4.69) is 194 Å². The first-order valence-corrected chi connectivity index (χ1v) is 23.9. The molecule has 2 heteroatoms. The molecule has 1 aromatic heterocycles. The van der Waals surface area contributed by atoms with E-state index in [0.29, 0.717) is 5.92 Å². The summed E-state index contributed by atoms with van der Waals surface area (Å²) >= 11 is 0. The monoisotopic (exact) mass is 834 g/mol. The number of para-hydroxylation sites is 1. The molecule has 4 atom stereocenters. The molecule has 8 aromatic carbocycles. The maximum absolute atomic E-state index is 5.71. The van der Waals surface area contributed by atoms with Crippen LogP contribution in [0.4, 0.5) is 11.4 Å². The molecule has 312 valence electrons. The maximum Gasteiger partial charge on any atom is 0.0712 e. The van der Waals surface area contributed by atoms with Crippen LogP contribution in [0.25, 0.3) is 77.0 Å². The Labute approximate surface area is 382 Å². The first kappa shape index (κ1) is 38.3. The summed E-state index contributed by atoms with van der Waals surface area (Å²) in [6.07, 6.45) is 13.5. The average molecular weight is 835 g/mol. The van der Waals surface area contributed by atoms with E-state index in [-0.39, 0.29) is 6.04 Å². The number of rotatable bonds is 7. The van der Waals surface area contributed by atoms with Gasteiger partial charge in [0.05, 0.1) is 11.7 Å². The fourth-order valence-electron chi connectivity index (χ4n) is 12.1. The number of anilines is 2. The van der Waals surface area contributed by atoms with Crippen molar-refractivity contribution >= 4 is 54.8 Å². The first-order chi connectivity index (χ1) is 32.2. The van der Waals surface area contributed by atoms with E-state index in [4.69, 9.17) is 4.98 Å². The first-order valence-electron chi connectivity index (χ1n) is 23.9. The summed E-state index contributed by atoms with van der Waals surface area (Å²) in [6, 6.07) is 67.6. The average Bonchev–Trinajstić information content (AvgIpc) is 4.09. The molecule has 1 aliphatic heterocycles. The van der Waals surface area contributed by atoms with Gasteiger partial charge in [-0.15, -0.1) is 0 Å². The molecule has 13 rings (SSSR count). The molecule has 0 spiro atoms. The summed E-state index contributed by atoms with van der Waals surface area (Å²) in [5.74, 6) is 2.33. The second-order valence-electron chi connectivity index (χ2n) is 18.9. The van der Waals surface area contributed by atoms with Gasteiger partial charge in [-0.1, -0.05) is 159 Å². The highest BCUT2D eigenvalue weighted by molar-refractivity contribution is 6.28. The van der Waals surface area contributed by atoms with E-state index in [9.17, 15) is 0 Å². The van der Waals surface area contributed by atoms with Gasteiger partial charge >= 0.3 is 0 Å². The topological polar surface area (TPSA) is 16.1 Å². The molecule has 0 bridgehead atoms. The van der Waals surface area contributed by atoms with Gasteiger partial charge < -0.3 is 4.90 Å². The van der Waals surface area contributed by atoms with Crippen LogP contribution in [0.15, 0.2) is 176 Å². The van der Waals surface area contributed by atoms with Crippen LogP contribution in [0.1, 0.15) is 73.8 Å². The Kier molecular flexibility index (Phi) is 9.12. The summed E-state index contributed by atoms with van der Waals surface area (Å²) in [4.78, 5) is 8.27. The molecule has 2 saturated carbocycles. The summed E-state index contributed by atoms with van der Waals surface area (Å²) in [5, 5.41) is 7.31. The van der Waals surface area contributed by atoms with Crippen LogP contribution in [-0.4, -0.2) is 11.0 Å². The van der Waals surface area contributed by atoms with Gasteiger partial charge in [0.15, 0.2) is 0 Å². The van der Waals surface area contributed by atoms with E-state index in [0.717, 1.165) is 41.3 Å². The molecule has 4 aliphatic rings. The molecular weight excluding hydrogens is 785 g/mol. The lowest BCUT2D eigenvalue weighted by atomic mass is 9.84. The second-order valence-corrected chi connectivity index (χ2v) is 18.9. The van der Waals surface area contributed by atoms with Gasteiger partial charge in [-0.2, -0.15) is 0 Å². The predicted molar refractivity (Wildman–Crippen MR) is 272 cm³/mol. The number of benzene rings is 7. The van der Waals surface area contributed by atoms with Crippen molar-refractivity contribution in [3.8, 4) is 33.5 Å². The SMILES string of the molecule is CCc1c(-c2ccccc2)cc(-c2ccc3c(c2)c2c#cccc2c2cccc(C4=CCC5C(=C4)c4ccccc4N5c4ccc(-c5ccccc5)cc4)c23)nc1C1CCCC2CC2C1. The minimum Gasteiger partial charge on any atom is -0.333 e. The number of nitrogens with zero attached hydrogens (tertiary/aromatic N) is 2. The molecule has 0 saturated heterocycles. The highest BCUT2D eigenvalue weighted by Crippen LogP contribution is 2.53. The Hall–Kier alpha value is -7.21. The largest absolute Gasteiger partial charge is 0.333 e. The third-order valence-electron chi connectivity index (χ3n) is 15.4. The van der Waals surface area contributed by atoms with E-state index in [1.165, 1.54) is 126 Å². The van der Waals surface area contributed by atoms with Crippen molar-refractivity contribution in [2.24, 2.45) is 11.8 Å².